The van der Waals surface area contributed by atoms with Gasteiger partial charge in [0.05, 0.1) is 12.6 Å². The monoisotopic (exact) mass is 222 g/mol. The van der Waals surface area contributed by atoms with Crippen LogP contribution in [0.4, 0.5) is 4.79 Å². The fourth-order valence-electron chi connectivity index (χ4n) is 1.71. The summed E-state index contributed by atoms with van der Waals surface area (Å²) in [5.41, 5.74) is 6.24. The van der Waals surface area contributed by atoms with E-state index in [1.165, 1.54) is 4.90 Å². The number of carbonyl (C=O) groups is 1. The predicted molar refractivity (Wildman–Crippen MR) is 57.8 cm³/mol. The molecule has 1 aliphatic heterocycles. The molecule has 1 fully saturated rings. The van der Waals surface area contributed by atoms with Crippen molar-refractivity contribution in [2.45, 2.75) is 12.6 Å². The maximum Gasteiger partial charge on any atom is 0.410 e. The van der Waals surface area contributed by atoms with Crippen molar-refractivity contribution in [3.63, 3.8) is 0 Å². The molecule has 1 unspecified atom stereocenters. The van der Waals surface area contributed by atoms with Crippen molar-refractivity contribution in [2.75, 3.05) is 13.2 Å². The summed E-state index contributed by atoms with van der Waals surface area (Å²) in [6.45, 7) is 1.01. The van der Waals surface area contributed by atoms with Crippen LogP contribution in [0.3, 0.4) is 0 Å². The van der Waals surface area contributed by atoms with Crippen LogP contribution in [-0.4, -0.2) is 35.3 Å². The summed E-state index contributed by atoms with van der Waals surface area (Å²) in [6, 6.07) is 6.81. The summed E-state index contributed by atoms with van der Waals surface area (Å²) in [6.07, 6.45) is -0.376. The number of phenols is 1. The van der Waals surface area contributed by atoms with E-state index in [1.807, 2.05) is 6.07 Å². The minimum absolute atomic E-state index is 0.105. The van der Waals surface area contributed by atoms with Gasteiger partial charge in [0.2, 0.25) is 0 Å². The Kier molecular flexibility index (Phi) is 2.96. The molecule has 1 aromatic carbocycles. The highest BCUT2D eigenvalue weighted by Gasteiger charge is 2.32. The Labute approximate surface area is 93.4 Å². The molecule has 1 aromatic rings. The number of cyclic esters (lactones) is 1. The Morgan fingerprint density at radius 2 is 2.25 bits per heavy atom. The first-order valence-corrected chi connectivity index (χ1v) is 5.12. The maximum absolute atomic E-state index is 11.4. The Morgan fingerprint density at radius 1 is 1.50 bits per heavy atom. The van der Waals surface area contributed by atoms with E-state index >= 15 is 0 Å². The molecule has 1 aliphatic rings. The molecule has 0 spiro atoms. The zero-order chi connectivity index (χ0) is 11.5. The Balaban J connectivity index is 2.14. The Hall–Kier alpha value is -1.75. The van der Waals surface area contributed by atoms with Crippen LogP contribution in [-0.2, 0) is 11.3 Å². The normalized spacial score (nSPS) is 19.9. The first-order chi connectivity index (χ1) is 7.72. The van der Waals surface area contributed by atoms with Crippen molar-refractivity contribution >= 4 is 6.09 Å². The lowest BCUT2D eigenvalue weighted by Gasteiger charge is -2.20. The third kappa shape index (κ3) is 1.94. The standard InChI is InChI=1S/C11H14N2O3/c12-5-9-7-16-11(15)13(9)6-8-3-1-2-4-10(8)14/h1-4,9,14H,5-7,12H2. The van der Waals surface area contributed by atoms with Gasteiger partial charge in [-0.15, -0.1) is 0 Å². The van der Waals surface area contributed by atoms with Crippen molar-refractivity contribution in [3.05, 3.63) is 29.8 Å². The molecular formula is C11H14N2O3. The highest BCUT2D eigenvalue weighted by Crippen LogP contribution is 2.21. The summed E-state index contributed by atoms with van der Waals surface area (Å²) in [5, 5.41) is 9.61. The molecule has 3 N–H and O–H groups in total. The number of nitrogens with two attached hydrogens (primary N) is 1. The number of carbonyl (C=O) groups excluding carboxylic acids is 1. The second-order valence-corrected chi connectivity index (χ2v) is 3.72. The smallest absolute Gasteiger partial charge is 0.410 e. The van der Waals surface area contributed by atoms with Gasteiger partial charge < -0.3 is 15.6 Å². The van der Waals surface area contributed by atoms with Crippen LogP contribution in [0.5, 0.6) is 5.75 Å². The van der Waals surface area contributed by atoms with Crippen molar-refractivity contribution in [1.82, 2.24) is 4.90 Å². The van der Waals surface area contributed by atoms with Gasteiger partial charge in [-0.1, -0.05) is 18.2 Å². The number of amides is 1. The average molecular weight is 222 g/mol. The molecule has 5 heteroatoms. The van der Waals surface area contributed by atoms with Crippen LogP contribution < -0.4 is 5.73 Å². The van der Waals surface area contributed by atoms with Crippen molar-refractivity contribution in [3.8, 4) is 5.75 Å². The number of aromatic hydroxyl groups is 1. The lowest BCUT2D eigenvalue weighted by Crippen LogP contribution is -2.38. The summed E-state index contributed by atoms with van der Waals surface area (Å²) in [7, 11) is 0. The molecule has 1 heterocycles. The van der Waals surface area contributed by atoms with Gasteiger partial charge in [0.1, 0.15) is 12.4 Å². The Morgan fingerprint density at radius 3 is 2.94 bits per heavy atom. The first-order valence-electron chi connectivity index (χ1n) is 5.12. The molecular weight excluding hydrogens is 208 g/mol. The molecule has 86 valence electrons. The number of para-hydroxylation sites is 1. The SMILES string of the molecule is NCC1COC(=O)N1Cc1ccccc1O. The highest BCUT2D eigenvalue weighted by atomic mass is 16.6. The average Bonchev–Trinajstić information content (AvgIpc) is 2.63. The first kappa shape index (κ1) is 10.8. The van der Waals surface area contributed by atoms with Crippen molar-refractivity contribution in [2.24, 2.45) is 5.73 Å². The number of rotatable bonds is 3. The molecule has 0 bridgehead atoms. The quantitative estimate of drug-likeness (QED) is 0.788. The van der Waals surface area contributed by atoms with Crippen LogP contribution in [0.15, 0.2) is 24.3 Å². The number of hydrogen-bond donors (Lipinski definition) is 2. The molecule has 2 rings (SSSR count). The van der Waals surface area contributed by atoms with Crippen molar-refractivity contribution < 1.29 is 14.6 Å². The van der Waals surface area contributed by atoms with Gasteiger partial charge in [-0.3, -0.25) is 4.90 Å². The predicted octanol–water partition coefficient (Wildman–Crippen LogP) is 0.672. The third-order valence-corrected chi connectivity index (χ3v) is 2.68. The van der Waals surface area contributed by atoms with Gasteiger partial charge in [0.25, 0.3) is 0 Å². The van der Waals surface area contributed by atoms with E-state index in [2.05, 4.69) is 0 Å². The molecule has 1 atom stereocenters. The number of phenolic OH excluding ortho intramolecular Hbond substituents is 1. The van der Waals surface area contributed by atoms with Crippen LogP contribution in [0.1, 0.15) is 5.56 Å². The fraction of sp³-hybridized carbons (Fsp3) is 0.364. The minimum atomic E-state index is -0.376. The third-order valence-electron chi connectivity index (χ3n) is 2.68. The number of nitrogens with zero attached hydrogens (tertiary/aromatic N) is 1. The van der Waals surface area contributed by atoms with Crippen LogP contribution in [0.2, 0.25) is 0 Å². The summed E-state index contributed by atoms with van der Waals surface area (Å²) in [4.78, 5) is 13.0. The second kappa shape index (κ2) is 4.40. The molecule has 1 saturated heterocycles. The van der Waals surface area contributed by atoms with Crippen LogP contribution in [0, 0.1) is 0 Å². The van der Waals surface area contributed by atoms with E-state index in [0.717, 1.165) is 0 Å². The van der Waals surface area contributed by atoms with E-state index in [0.29, 0.717) is 25.3 Å². The lowest BCUT2D eigenvalue weighted by atomic mass is 10.1. The fourth-order valence-corrected chi connectivity index (χ4v) is 1.71. The van der Waals surface area contributed by atoms with Crippen LogP contribution in [0.25, 0.3) is 0 Å². The van der Waals surface area contributed by atoms with E-state index in [9.17, 15) is 9.90 Å². The minimum Gasteiger partial charge on any atom is -0.508 e. The summed E-state index contributed by atoms with van der Waals surface area (Å²) in [5.74, 6) is 0.179. The van der Waals surface area contributed by atoms with Gasteiger partial charge in [0, 0.05) is 12.1 Å². The number of hydrogen-bond acceptors (Lipinski definition) is 4. The summed E-state index contributed by atoms with van der Waals surface area (Å²) >= 11 is 0. The van der Waals surface area contributed by atoms with Gasteiger partial charge in [-0.05, 0) is 6.07 Å². The Bertz CT molecular complexity index is 395. The molecule has 16 heavy (non-hydrogen) atoms. The molecule has 0 radical (unpaired) electrons. The number of benzene rings is 1. The van der Waals surface area contributed by atoms with E-state index in [4.69, 9.17) is 10.5 Å². The second-order valence-electron chi connectivity index (χ2n) is 3.72. The molecule has 1 amide bonds. The molecule has 0 aliphatic carbocycles. The summed E-state index contributed by atoms with van der Waals surface area (Å²) < 4.78 is 4.91. The maximum atomic E-state index is 11.4. The van der Waals surface area contributed by atoms with Crippen LogP contribution >= 0.6 is 0 Å². The van der Waals surface area contributed by atoms with E-state index in [-0.39, 0.29) is 17.9 Å². The van der Waals surface area contributed by atoms with Gasteiger partial charge >= 0.3 is 6.09 Å². The molecule has 0 saturated carbocycles. The zero-order valence-electron chi connectivity index (χ0n) is 8.80. The van der Waals surface area contributed by atoms with E-state index in [1.54, 1.807) is 18.2 Å². The highest BCUT2D eigenvalue weighted by molar-refractivity contribution is 5.70. The molecule has 0 aromatic heterocycles. The van der Waals surface area contributed by atoms with E-state index < -0.39 is 0 Å². The topological polar surface area (TPSA) is 75.8 Å². The largest absolute Gasteiger partial charge is 0.508 e. The molecule has 5 nitrogen and oxygen atoms in total. The van der Waals surface area contributed by atoms with Crippen molar-refractivity contribution in [1.29, 1.82) is 0 Å². The van der Waals surface area contributed by atoms with Gasteiger partial charge in [0.15, 0.2) is 0 Å². The lowest BCUT2D eigenvalue weighted by molar-refractivity contribution is 0.156. The van der Waals surface area contributed by atoms with Gasteiger partial charge in [-0.2, -0.15) is 0 Å². The zero-order valence-corrected chi connectivity index (χ0v) is 8.80. The van der Waals surface area contributed by atoms with Gasteiger partial charge in [-0.25, -0.2) is 4.79 Å². The number of ether oxygens (including phenoxy) is 1.